The summed E-state index contributed by atoms with van der Waals surface area (Å²) < 4.78 is 15.6. The number of imidazole rings is 1. The van der Waals surface area contributed by atoms with Gasteiger partial charge in [0, 0.05) is 19.5 Å². The number of fused-ring (bicyclic) bond motifs is 1. The number of aryl methyl sites for hydroxylation is 2. The van der Waals surface area contributed by atoms with Gasteiger partial charge in [-0.25, -0.2) is 9.37 Å². The third kappa shape index (κ3) is 5.44. The molecule has 2 aromatic carbocycles. The summed E-state index contributed by atoms with van der Waals surface area (Å²) in [6.45, 7) is 10.1. The average molecular weight is 451 g/mol. The smallest absolute Gasteiger partial charge is 0.243 e. The molecule has 176 valence electrons. The first-order chi connectivity index (χ1) is 16.0. The molecule has 0 aliphatic carbocycles. The standard InChI is InChI=1S/C27H35FN4O/c1-4-7-24(27(33)29-12-15-31-13-5-6-14-31)32-25-17-20(3)19(2)16-23(25)30-26(32)18-21-8-10-22(28)11-9-21/h8-11,16-17,24H,4-7,12-15,18H2,1-3H3,(H,29,33). The molecule has 1 aliphatic heterocycles. The van der Waals surface area contributed by atoms with Crippen molar-refractivity contribution in [3.63, 3.8) is 0 Å². The van der Waals surface area contributed by atoms with Crippen LogP contribution in [-0.4, -0.2) is 46.5 Å². The SMILES string of the molecule is CCCC(C(=O)NCCN1CCCC1)n1c(Cc2ccc(F)cc2)nc2cc(C)c(C)cc21. The lowest BCUT2D eigenvalue weighted by atomic mass is 10.1. The molecule has 2 heterocycles. The molecule has 0 bridgehead atoms. The van der Waals surface area contributed by atoms with Crippen LogP contribution in [0.4, 0.5) is 4.39 Å². The van der Waals surface area contributed by atoms with Crippen LogP contribution in [0.5, 0.6) is 0 Å². The Morgan fingerprint density at radius 2 is 1.82 bits per heavy atom. The number of carbonyl (C=O) groups excluding carboxylic acids is 1. The summed E-state index contributed by atoms with van der Waals surface area (Å²) in [7, 11) is 0. The summed E-state index contributed by atoms with van der Waals surface area (Å²) in [5.74, 6) is 0.642. The molecule has 6 heteroatoms. The Morgan fingerprint density at radius 1 is 1.12 bits per heavy atom. The molecule has 0 saturated carbocycles. The second kappa shape index (κ2) is 10.5. The van der Waals surface area contributed by atoms with Crippen LogP contribution >= 0.6 is 0 Å². The molecule has 1 aliphatic rings. The van der Waals surface area contributed by atoms with E-state index in [1.54, 1.807) is 12.1 Å². The van der Waals surface area contributed by atoms with E-state index in [4.69, 9.17) is 4.98 Å². The molecule has 1 amide bonds. The molecule has 0 spiro atoms. The maximum Gasteiger partial charge on any atom is 0.243 e. The summed E-state index contributed by atoms with van der Waals surface area (Å²) >= 11 is 0. The highest BCUT2D eigenvalue weighted by molar-refractivity contribution is 5.85. The Hall–Kier alpha value is -2.73. The van der Waals surface area contributed by atoms with Gasteiger partial charge in [-0.15, -0.1) is 0 Å². The summed E-state index contributed by atoms with van der Waals surface area (Å²) in [5.41, 5.74) is 5.24. The van der Waals surface area contributed by atoms with Gasteiger partial charge in [-0.1, -0.05) is 25.5 Å². The van der Waals surface area contributed by atoms with Gasteiger partial charge in [0.2, 0.25) is 5.91 Å². The van der Waals surface area contributed by atoms with Crippen LogP contribution in [0.15, 0.2) is 36.4 Å². The van der Waals surface area contributed by atoms with Crippen molar-refractivity contribution in [2.24, 2.45) is 0 Å². The Bertz CT molecular complexity index is 1100. The monoisotopic (exact) mass is 450 g/mol. The topological polar surface area (TPSA) is 50.2 Å². The first-order valence-electron chi connectivity index (χ1n) is 12.2. The van der Waals surface area contributed by atoms with Gasteiger partial charge in [0.1, 0.15) is 17.7 Å². The fourth-order valence-electron chi connectivity index (χ4n) is 4.77. The minimum absolute atomic E-state index is 0.0499. The van der Waals surface area contributed by atoms with Gasteiger partial charge in [-0.3, -0.25) is 4.79 Å². The molecule has 5 nitrogen and oxygen atoms in total. The summed E-state index contributed by atoms with van der Waals surface area (Å²) in [6, 6.07) is 10.5. The molecule has 0 radical (unpaired) electrons. The van der Waals surface area contributed by atoms with Gasteiger partial charge < -0.3 is 14.8 Å². The average Bonchev–Trinajstić information content (AvgIpc) is 3.42. The number of carbonyl (C=O) groups is 1. The number of rotatable bonds is 9. The van der Waals surface area contributed by atoms with Crippen molar-refractivity contribution < 1.29 is 9.18 Å². The quantitative estimate of drug-likeness (QED) is 0.503. The van der Waals surface area contributed by atoms with E-state index in [0.717, 1.165) is 54.9 Å². The zero-order valence-corrected chi connectivity index (χ0v) is 20.0. The third-order valence-electron chi connectivity index (χ3n) is 6.76. The van der Waals surface area contributed by atoms with Crippen LogP contribution in [0, 0.1) is 19.7 Å². The number of halogens is 1. The molecular weight excluding hydrogens is 415 g/mol. The number of benzene rings is 2. The highest BCUT2D eigenvalue weighted by Crippen LogP contribution is 2.28. The molecule has 1 atom stereocenters. The molecular formula is C27H35FN4O. The van der Waals surface area contributed by atoms with E-state index in [-0.39, 0.29) is 17.8 Å². The van der Waals surface area contributed by atoms with E-state index in [9.17, 15) is 9.18 Å². The Morgan fingerprint density at radius 3 is 2.52 bits per heavy atom. The van der Waals surface area contributed by atoms with Crippen molar-refractivity contribution in [3.8, 4) is 0 Å². The highest BCUT2D eigenvalue weighted by atomic mass is 19.1. The van der Waals surface area contributed by atoms with Crippen molar-refractivity contribution >= 4 is 16.9 Å². The fourth-order valence-corrected chi connectivity index (χ4v) is 4.77. The zero-order valence-electron chi connectivity index (χ0n) is 20.0. The molecule has 33 heavy (non-hydrogen) atoms. The van der Waals surface area contributed by atoms with Crippen LogP contribution in [0.2, 0.25) is 0 Å². The van der Waals surface area contributed by atoms with Crippen LogP contribution in [0.25, 0.3) is 11.0 Å². The van der Waals surface area contributed by atoms with E-state index in [1.807, 2.05) is 0 Å². The van der Waals surface area contributed by atoms with Crippen LogP contribution in [0.1, 0.15) is 61.2 Å². The largest absolute Gasteiger partial charge is 0.353 e. The highest BCUT2D eigenvalue weighted by Gasteiger charge is 2.25. The Balaban J connectivity index is 1.66. The van der Waals surface area contributed by atoms with Gasteiger partial charge in [0.15, 0.2) is 0 Å². The summed E-state index contributed by atoms with van der Waals surface area (Å²) in [4.78, 5) is 20.8. The maximum atomic E-state index is 13.4. The number of hydrogen-bond acceptors (Lipinski definition) is 3. The fraction of sp³-hybridized carbons (Fsp3) is 0.481. The number of hydrogen-bond donors (Lipinski definition) is 1. The molecule has 1 N–H and O–H groups in total. The van der Waals surface area contributed by atoms with E-state index < -0.39 is 0 Å². The van der Waals surface area contributed by atoms with Gasteiger partial charge in [-0.05, 0) is 87.2 Å². The lowest BCUT2D eigenvalue weighted by Gasteiger charge is -2.22. The summed E-state index contributed by atoms with van der Waals surface area (Å²) in [5, 5.41) is 3.19. The Kier molecular flexibility index (Phi) is 7.43. The van der Waals surface area contributed by atoms with Crippen molar-refractivity contribution in [3.05, 3.63) is 64.7 Å². The van der Waals surface area contributed by atoms with Crippen LogP contribution in [-0.2, 0) is 11.2 Å². The maximum absolute atomic E-state index is 13.4. The third-order valence-corrected chi connectivity index (χ3v) is 6.76. The number of nitrogens with one attached hydrogen (secondary N) is 1. The molecule has 3 aromatic rings. The van der Waals surface area contributed by atoms with Crippen molar-refractivity contribution in [2.45, 2.75) is 58.9 Å². The predicted octanol–water partition coefficient (Wildman–Crippen LogP) is 4.94. The van der Waals surface area contributed by atoms with Crippen LogP contribution in [0.3, 0.4) is 0 Å². The lowest BCUT2D eigenvalue weighted by molar-refractivity contribution is -0.124. The zero-order chi connectivity index (χ0) is 23.4. The number of aromatic nitrogens is 2. The minimum atomic E-state index is -0.323. The van der Waals surface area contributed by atoms with Crippen molar-refractivity contribution in [1.29, 1.82) is 0 Å². The molecule has 1 fully saturated rings. The summed E-state index contributed by atoms with van der Waals surface area (Å²) in [6.07, 6.45) is 4.68. The predicted molar refractivity (Wildman–Crippen MR) is 131 cm³/mol. The first-order valence-corrected chi connectivity index (χ1v) is 12.2. The minimum Gasteiger partial charge on any atom is -0.353 e. The molecule has 1 unspecified atom stereocenters. The van der Waals surface area contributed by atoms with Crippen molar-refractivity contribution in [1.82, 2.24) is 19.8 Å². The second-order valence-corrected chi connectivity index (χ2v) is 9.27. The normalized spacial score (nSPS) is 15.3. The Labute approximate surface area is 196 Å². The van der Waals surface area contributed by atoms with Crippen molar-refractivity contribution in [2.75, 3.05) is 26.2 Å². The van der Waals surface area contributed by atoms with E-state index in [0.29, 0.717) is 13.0 Å². The lowest BCUT2D eigenvalue weighted by Crippen LogP contribution is -2.38. The second-order valence-electron chi connectivity index (χ2n) is 9.27. The van der Waals surface area contributed by atoms with E-state index in [2.05, 4.69) is 47.7 Å². The van der Waals surface area contributed by atoms with E-state index in [1.165, 1.54) is 36.1 Å². The number of likely N-dealkylation sites (tertiary alicyclic amines) is 1. The molecule has 1 aromatic heterocycles. The van der Waals surface area contributed by atoms with Gasteiger partial charge in [0.25, 0.3) is 0 Å². The number of amides is 1. The molecule has 4 rings (SSSR count). The van der Waals surface area contributed by atoms with Gasteiger partial charge in [0.05, 0.1) is 11.0 Å². The molecule has 1 saturated heterocycles. The first kappa shape index (κ1) is 23.4. The van der Waals surface area contributed by atoms with E-state index >= 15 is 0 Å². The van der Waals surface area contributed by atoms with Gasteiger partial charge in [-0.2, -0.15) is 0 Å². The van der Waals surface area contributed by atoms with Crippen LogP contribution < -0.4 is 5.32 Å². The van der Waals surface area contributed by atoms with Gasteiger partial charge >= 0.3 is 0 Å². The number of nitrogens with zero attached hydrogens (tertiary/aromatic N) is 3.